The number of amides is 1. The average molecular weight is 249 g/mol. The number of anilines is 1. The monoisotopic (exact) mass is 249 g/mol. The summed E-state index contributed by atoms with van der Waals surface area (Å²) in [5.41, 5.74) is -0.193. The highest BCUT2D eigenvalue weighted by molar-refractivity contribution is 5.98. The molecule has 1 aromatic carbocycles. The molecule has 1 aliphatic rings. The van der Waals surface area contributed by atoms with E-state index in [1.165, 1.54) is 12.1 Å². The van der Waals surface area contributed by atoms with Gasteiger partial charge in [0.2, 0.25) is 0 Å². The Labute approximate surface area is 105 Å². The van der Waals surface area contributed by atoms with Gasteiger partial charge < -0.3 is 15.2 Å². The Bertz CT molecular complexity index is 478. The summed E-state index contributed by atoms with van der Waals surface area (Å²) < 4.78 is 5.42. The van der Waals surface area contributed by atoms with Crippen LogP contribution >= 0.6 is 0 Å². The zero-order chi connectivity index (χ0) is 13.2. The fourth-order valence-electron chi connectivity index (χ4n) is 1.95. The molecule has 0 bridgehead atoms. The van der Waals surface area contributed by atoms with Crippen molar-refractivity contribution in [1.29, 1.82) is 0 Å². The molecule has 1 amide bonds. The fourth-order valence-corrected chi connectivity index (χ4v) is 1.95. The molecule has 1 aliphatic heterocycles. The minimum Gasteiger partial charge on any atom is -0.478 e. The number of rotatable bonds is 3. The van der Waals surface area contributed by atoms with E-state index in [0.717, 1.165) is 6.42 Å². The second-order valence-corrected chi connectivity index (χ2v) is 4.52. The Morgan fingerprint density at radius 2 is 2.22 bits per heavy atom. The van der Waals surface area contributed by atoms with E-state index in [1.807, 2.05) is 0 Å². The van der Waals surface area contributed by atoms with Crippen LogP contribution in [-0.4, -0.2) is 29.2 Å². The van der Waals surface area contributed by atoms with Gasteiger partial charge >= 0.3 is 5.97 Å². The molecule has 2 rings (SSSR count). The van der Waals surface area contributed by atoms with Crippen molar-refractivity contribution >= 4 is 17.6 Å². The Morgan fingerprint density at radius 3 is 2.83 bits per heavy atom. The highest BCUT2D eigenvalue weighted by Crippen LogP contribution is 2.26. The van der Waals surface area contributed by atoms with E-state index in [0.29, 0.717) is 18.7 Å². The second-order valence-electron chi connectivity index (χ2n) is 4.52. The van der Waals surface area contributed by atoms with Gasteiger partial charge in [-0.2, -0.15) is 0 Å². The molecule has 96 valence electrons. The largest absolute Gasteiger partial charge is 0.478 e. The molecule has 1 saturated heterocycles. The third-order valence-electron chi connectivity index (χ3n) is 3.07. The first-order valence-corrected chi connectivity index (χ1v) is 5.80. The number of nitrogens with one attached hydrogen (secondary N) is 1. The smallest absolute Gasteiger partial charge is 0.335 e. The molecule has 0 aliphatic carbocycles. The van der Waals surface area contributed by atoms with E-state index >= 15 is 0 Å². The number of benzene rings is 1. The van der Waals surface area contributed by atoms with E-state index < -0.39 is 11.6 Å². The summed E-state index contributed by atoms with van der Waals surface area (Å²) in [6.07, 6.45) is 1.54. The molecule has 0 aromatic heterocycles. The van der Waals surface area contributed by atoms with Crippen LogP contribution in [0.25, 0.3) is 0 Å². The Balaban J connectivity index is 2.11. The van der Waals surface area contributed by atoms with Gasteiger partial charge in [-0.25, -0.2) is 4.79 Å². The summed E-state index contributed by atoms with van der Waals surface area (Å²) in [6.45, 7) is 2.33. The highest BCUT2D eigenvalue weighted by Gasteiger charge is 2.37. The van der Waals surface area contributed by atoms with Gasteiger partial charge in [-0.05, 0) is 38.0 Å². The lowest BCUT2D eigenvalue weighted by Gasteiger charge is -2.21. The molecular weight excluding hydrogens is 234 g/mol. The van der Waals surface area contributed by atoms with Crippen LogP contribution in [-0.2, 0) is 9.53 Å². The van der Waals surface area contributed by atoms with Gasteiger partial charge in [0.15, 0.2) is 0 Å². The topological polar surface area (TPSA) is 75.6 Å². The third-order valence-corrected chi connectivity index (χ3v) is 3.07. The molecule has 0 spiro atoms. The van der Waals surface area contributed by atoms with E-state index in [-0.39, 0.29) is 11.5 Å². The quantitative estimate of drug-likeness (QED) is 0.857. The van der Waals surface area contributed by atoms with Crippen LogP contribution in [0.2, 0.25) is 0 Å². The number of carboxylic acids is 1. The summed E-state index contributed by atoms with van der Waals surface area (Å²) in [4.78, 5) is 22.9. The first-order chi connectivity index (χ1) is 8.51. The van der Waals surface area contributed by atoms with Crippen LogP contribution in [0.4, 0.5) is 5.69 Å². The van der Waals surface area contributed by atoms with Crippen molar-refractivity contribution in [3.05, 3.63) is 29.8 Å². The number of aromatic carboxylic acids is 1. The van der Waals surface area contributed by atoms with Gasteiger partial charge in [0.25, 0.3) is 5.91 Å². The molecule has 1 aromatic rings. The van der Waals surface area contributed by atoms with Crippen LogP contribution in [0.15, 0.2) is 24.3 Å². The van der Waals surface area contributed by atoms with Crippen molar-refractivity contribution in [2.24, 2.45) is 0 Å². The lowest BCUT2D eigenvalue weighted by atomic mass is 10.0. The molecule has 0 saturated carbocycles. The van der Waals surface area contributed by atoms with Gasteiger partial charge in [0.1, 0.15) is 5.60 Å². The minimum atomic E-state index is -1.02. The summed E-state index contributed by atoms with van der Waals surface area (Å²) in [6, 6.07) is 6.16. The molecule has 0 radical (unpaired) electrons. The third kappa shape index (κ3) is 2.51. The van der Waals surface area contributed by atoms with Crippen LogP contribution in [0.1, 0.15) is 30.1 Å². The standard InChI is InChI=1S/C13H15NO4/c1-13(6-3-7-18-13)12(17)14-10-5-2-4-9(8-10)11(15)16/h2,4-5,8H,3,6-7H2,1H3,(H,14,17)(H,15,16). The van der Waals surface area contributed by atoms with Crippen LogP contribution in [0, 0.1) is 0 Å². The minimum absolute atomic E-state index is 0.144. The zero-order valence-corrected chi connectivity index (χ0v) is 10.1. The lowest BCUT2D eigenvalue weighted by molar-refractivity contribution is -0.133. The fraction of sp³-hybridized carbons (Fsp3) is 0.385. The molecular formula is C13H15NO4. The summed E-state index contributed by atoms with van der Waals surface area (Å²) in [7, 11) is 0. The molecule has 1 unspecified atom stereocenters. The van der Waals surface area contributed by atoms with E-state index in [2.05, 4.69) is 5.32 Å². The molecule has 1 fully saturated rings. The maximum Gasteiger partial charge on any atom is 0.335 e. The van der Waals surface area contributed by atoms with Crippen molar-refractivity contribution in [1.82, 2.24) is 0 Å². The lowest BCUT2D eigenvalue weighted by Crippen LogP contribution is -2.39. The van der Waals surface area contributed by atoms with E-state index in [4.69, 9.17) is 9.84 Å². The molecule has 1 atom stereocenters. The predicted octanol–water partition coefficient (Wildman–Crippen LogP) is 1.89. The molecule has 18 heavy (non-hydrogen) atoms. The number of carbonyl (C=O) groups excluding carboxylic acids is 1. The van der Waals surface area contributed by atoms with Crippen LogP contribution < -0.4 is 5.32 Å². The number of carboxylic acid groups (broad SMARTS) is 1. The predicted molar refractivity (Wildman–Crippen MR) is 65.6 cm³/mol. The summed E-state index contributed by atoms with van der Waals surface area (Å²) >= 11 is 0. The van der Waals surface area contributed by atoms with Gasteiger partial charge in [0, 0.05) is 12.3 Å². The van der Waals surface area contributed by atoms with E-state index in [1.54, 1.807) is 19.1 Å². The van der Waals surface area contributed by atoms with Gasteiger partial charge in [-0.3, -0.25) is 4.79 Å². The molecule has 5 nitrogen and oxygen atoms in total. The molecule has 1 heterocycles. The first-order valence-electron chi connectivity index (χ1n) is 5.80. The number of hydrogen-bond acceptors (Lipinski definition) is 3. The van der Waals surface area contributed by atoms with Gasteiger partial charge in [0.05, 0.1) is 5.56 Å². The Kier molecular flexibility index (Phi) is 3.34. The van der Waals surface area contributed by atoms with Crippen molar-refractivity contribution in [2.45, 2.75) is 25.4 Å². The van der Waals surface area contributed by atoms with Crippen molar-refractivity contribution < 1.29 is 19.4 Å². The van der Waals surface area contributed by atoms with Crippen LogP contribution in [0.5, 0.6) is 0 Å². The maximum atomic E-state index is 12.0. The summed E-state index contributed by atoms with van der Waals surface area (Å²) in [5.74, 6) is -1.25. The van der Waals surface area contributed by atoms with E-state index in [9.17, 15) is 9.59 Å². The zero-order valence-electron chi connectivity index (χ0n) is 10.1. The molecule has 5 heteroatoms. The number of carbonyl (C=O) groups is 2. The Morgan fingerprint density at radius 1 is 1.44 bits per heavy atom. The highest BCUT2D eigenvalue weighted by atomic mass is 16.5. The first kappa shape index (κ1) is 12.6. The number of hydrogen-bond donors (Lipinski definition) is 2. The SMILES string of the molecule is CC1(C(=O)Nc2cccc(C(=O)O)c2)CCCO1. The molecule has 2 N–H and O–H groups in total. The van der Waals surface area contributed by atoms with Crippen molar-refractivity contribution in [2.75, 3.05) is 11.9 Å². The summed E-state index contributed by atoms with van der Waals surface area (Å²) in [5, 5.41) is 11.6. The normalized spacial score (nSPS) is 22.7. The maximum absolute atomic E-state index is 12.0. The van der Waals surface area contributed by atoms with Gasteiger partial charge in [-0.1, -0.05) is 6.07 Å². The van der Waals surface area contributed by atoms with Crippen molar-refractivity contribution in [3.63, 3.8) is 0 Å². The van der Waals surface area contributed by atoms with Crippen LogP contribution in [0.3, 0.4) is 0 Å². The Hall–Kier alpha value is -1.88. The average Bonchev–Trinajstić information content (AvgIpc) is 2.78. The van der Waals surface area contributed by atoms with Crippen molar-refractivity contribution in [3.8, 4) is 0 Å². The van der Waals surface area contributed by atoms with Gasteiger partial charge in [-0.15, -0.1) is 0 Å². The second kappa shape index (κ2) is 4.78. The number of ether oxygens (including phenoxy) is 1.